The third-order valence-electron chi connectivity index (χ3n) is 4.26. The third-order valence-corrected chi connectivity index (χ3v) is 4.26. The van der Waals surface area contributed by atoms with Gasteiger partial charge in [0.15, 0.2) is 0 Å². The Kier molecular flexibility index (Phi) is 6.36. The first kappa shape index (κ1) is 16.9. The lowest BCUT2D eigenvalue weighted by Gasteiger charge is -2.38. The van der Waals surface area contributed by atoms with Crippen LogP contribution < -0.4 is 5.32 Å². The summed E-state index contributed by atoms with van der Waals surface area (Å²) in [6.45, 7) is 8.83. The van der Waals surface area contributed by atoms with Crippen LogP contribution in [-0.4, -0.2) is 59.6 Å². The Labute approximate surface area is 132 Å². The van der Waals surface area contributed by atoms with E-state index in [2.05, 4.69) is 28.1 Å². The van der Waals surface area contributed by atoms with E-state index in [4.69, 9.17) is 0 Å². The smallest absolute Gasteiger partial charge is 0.221 e. The fourth-order valence-electron chi connectivity index (χ4n) is 3.00. The second-order valence-electron chi connectivity index (χ2n) is 5.94. The zero-order chi connectivity index (χ0) is 15.9. The molecule has 0 radical (unpaired) electrons. The number of anilines is 1. The molecule has 1 aromatic rings. The van der Waals surface area contributed by atoms with E-state index in [0.717, 1.165) is 44.8 Å². The number of hydrogen-bond donors (Lipinski definition) is 2. The molecule has 1 aliphatic heterocycles. The number of carbonyl (C=O) groups is 1. The molecule has 1 amide bonds. The standard InChI is InChI=1S/C17H27N3O2/c1-3-17(13-21)20-9-7-19(8-10-20)12-15-5-4-6-16(11-15)18-14(2)22/h4-6,11,17,21H,3,7-10,12-13H2,1-2H3,(H,18,22)/t17-/m1/s1. The molecule has 1 saturated heterocycles. The first-order valence-corrected chi connectivity index (χ1v) is 8.06. The van der Waals surface area contributed by atoms with Gasteiger partial charge in [-0.25, -0.2) is 0 Å². The fourth-order valence-corrected chi connectivity index (χ4v) is 3.00. The molecule has 1 aromatic carbocycles. The normalized spacial score (nSPS) is 18.1. The molecule has 1 heterocycles. The second-order valence-corrected chi connectivity index (χ2v) is 5.94. The summed E-state index contributed by atoms with van der Waals surface area (Å²) in [6, 6.07) is 8.33. The number of nitrogens with one attached hydrogen (secondary N) is 1. The average molecular weight is 305 g/mol. The van der Waals surface area contributed by atoms with Crippen LogP contribution in [0.5, 0.6) is 0 Å². The SMILES string of the molecule is CC[C@H](CO)N1CCN(Cc2cccc(NC(C)=O)c2)CC1. The van der Waals surface area contributed by atoms with Gasteiger partial charge in [0.1, 0.15) is 0 Å². The van der Waals surface area contributed by atoms with Crippen molar-refractivity contribution in [1.29, 1.82) is 0 Å². The first-order valence-electron chi connectivity index (χ1n) is 8.06. The van der Waals surface area contributed by atoms with Crippen molar-refractivity contribution in [3.8, 4) is 0 Å². The molecule has 122 valence electrons. The summed E-state index contributed by atoms with van der Waals surface area (Å²) >= 11 is 0. The molecule has 2 N–H and O–H groups in total. The Balaban J connectivity index is 1.87. The summed E-state index contributed by atoms with van der Waals surface area (Å²) in [5.74, 6) is -0.0413. The van der Waals surface area contributed by atoms with Gasteiger partial charge in [0.2, 0.25) is 5.91 Å². The molecule has 5 nitrogen and oxygen atoms in total. The van der Waals surface area contributed by atoms with E-state index in [1.807, 2.05) is 18.2 Å². The monoisotopic (exact) mass is 305 g/mol. The lowest BCUT2D eigenvalue weighted by atomic mass is 10.1. The van der Waals surface area contributed by atoms with Crippen LogP contribution in [0.2, 0.25) is 0 Å². The number of aliphatic hydroxyl groups excluding tert-OH is 1. The quantitative estimate of drug-likeness (QED) is 0.837. The van der Waals surface area contributed by atoms with Gasteiger partial charge in [0.05, 0.1) is 6.61 Å². The molecule has 1 fully saturated rings. The van der Waals surface area contributed by atoms with Crippen LogP contribution in [0.3, 0.4) is 0 Å². The van der Waals surface area contributed by atoms with E-state index < -0.39 is 0 Å². The Hall–Kier alpha value is -1.43. The molecule has 5 heteroatoms. The lowest BCUT2D eigenvalue weighted by molar-refractivity contribution is -0.114. The van der Waals surface area contributed by atoms with Crippen molar-refractivity contribution in [3.63, 3.8) is 0 Å². The van der Waals surface area contributed by atoms with Crippen molar-refractivity contribution >= 4 is 11.6 Å². The predicted octanol–water partition coefficient (Wildman–Crippen LogP) is 1.53. The Morgan fingerprint density at radius 2 is 2.05 bits per heavy atom. The average Bonchev–Trinajstić information content (AvgIpc) is 2.50. The highest BCUT2D eigenvalue weighted by atomic mass is 16.3. The Morgan fingerprint density at radius 1 is 1.32 bits per heavy atom. The maximum absolute atomic E-state index is 11.1. The summed E-state index contributed by atoms with van der Waals surface area (Å²) in [5, 5.41) is 12.2. The van der Waals surface area contributed by atoms with Crippen molar-refractivity contribution in [2.45, 2.75) is 32.9 Å². The largest absolute Gasteiger partial charge is 0.395 e. The van der Waals surface area contributed by atoms with Crippen molar-refractivity contribution in [2.24, 2.45) is 0 Å². The van der Waals surface area contributed by atoms with E-state index in [1.165, 1.54) is 12.5 Å². The van der Waals surface area contributed by atoms with Crippen LogP contribution >= 0.6 is 0 Å². The van der Waals surface area contributed by atoms with Crippen LogP contribution in [-0.2, 0) is 11.3 Å². The third kappa shape index (κ3) is 4.80. The van der Waals surface area contributed by atoms with E-state index in [0.29, 0.717) is 6.04 Å². The van der Waals surface area contributed by atoms with Crippen LogP contribution in [0, 0.1) is 0 Å². The minimum absolute atomic E-state index is 0.0413. The van der Waals surface area contributed by atoms with E-state index >= 15 is 0 Å². The number of benzene rings is 1. The van der Waals surface area contributed by atoms with Gasteiger partial charge in [0, 0.05) is 51.4 Å². The predicted molar refractivity (Wildman–Crippen MR) is 88.8 cm³/mol. The fraction of sp³-hybridized carbons (Fsp3) is 0.588. The number of carbonyl (C=O) groups excluding carboxylic acids is 1. The molecule has 0 saturated carbocycles. The maximum Gasteiger partial charge on any atom is 0.221 e. The molecule has 0 spiro atoms. The molecule has 2 rings (SSSR count). The number of rotatable bonds is 6. The molecule has 0 aliphatic carbocycles. The van der Waals surface area contributed by atoms with Crippen LogP contribution in [0.25, 0.3) is 0 Å². The highest BCUT2D eigenvalue weighted by Crippen LogP contribution is 2.15. The maximum atomic E-state index is 11.1. The Morgan fingerprint density at radius 3 is 2.64 bits per heavy atom. The molecule has 0 aromatic heterocycles. The van der Waals surface area contributed by atoms with E-state index in [9.17, 15) is 9.90 Å². The van der Waals surface area contributed by atoms with E-state index in [-0.39, 0.29) is 12.5 Å². The minimum Gasteiger partial charge on any atom is -0.395 e. The highest BCUT2D eigenvalue weighted by Gasteiger charge is 2.22. The van der Waals surface area contributed by atoms with Crippen molar-refractivity contribution in [3.05, 3.63) is 29.8 Å². The summed E-state index contributed by atoms with van der Waals surface area (Å²) in [6.07, 6.45) is 0.995. The van der Waals surface area contributed by atoms with Crippen molar-refractivity contribution in [2.75, 3.05) is 38.1 Å². The van der Waals surface area contributed by atoms with Gasteiger partial charge in [-0.2, -0.15) is 0 Å². The number of amides is 1. The summed E-state index contributed by atoms with van der Waals surface area (Å²) < 4.78 is 0. The second kappa shape index (κ2) is 8.27. The van der Waals surface area contributed by atoms with Gasteiger partial charge in [-0.1, -0.05) is 19.1 Å². The molecule has 0 bridgehead atoms. The molecule has 1 atom stereocenters. The number of hydrogen-bond acceptors (Lipinski definition) is 4. The highest BCUT2D eigenvalue weighted by molar-refractivity contribution is 5.88. The summed E-state index contributed by atoms with van der Waals surface area (Å²) in [5.41, 5.74) is 2.07. The Bertz CT molecular complexity index is 481. The van der Waals surface area contributed by atoms with Gasteiger partial charge in [0.25, 0.3) is 0 Å². The van der Waals surface area contributed by atoms with Crippen molar-refractivity contribution < 1.29 is 9.90 Å². The van der Waals surface area contributed by atoms with Gasteiger partial charge >= 0.3 is 0 Å². The van der Waals surface area contributed by atoms with Gasteiger partial charge < -0.3 is 10.4 Å². The number of piperazine rings is 1. The minimum atomic E-state index is -0.0413. The molecule has 22 heavy (non-hydrogen) atoms. The van der Waals surface area contributed by atoms with Crippen LogP contribution in [0.4, 0.5) is 5.69 Å². The first-order chi connectivity index (χ1) is 10.6. The van der Waals surface area contributed by atoms with Crippen molar-refractivity contribution in [1.82, 2.24) is 9.80 Å². The topological polar surface area (TPSA) is 55.8 Å². The van der Waals surface area contributed by atoms with E-state index in [1.54, 1.807) is 0 Å². The molecular formula is C17H27N3O2. The summed E-state index contributed by atoms with van der Waals surface area (Å²) in [7, 11) is 0. The van der Waals surface area contributed by atoms with Crippen LogP contribution in [0.15, 0.2) is 24.3 Å². The number of nitrogens with zero attached hydrogens (tertiary/aromatic N) is 2. The zero-order valence-electron chi connectivity index (χ0n) is 13.6. The zero-order valence-corrected chi connectivity index (χ0v) is 13.6. The summed E-state index contributed by atoms with van der Waals surface area (Å²) in [4.78, 5) is 15.9. The number of aliphatic hydroxyl groups is 1. The molecule has 1 aliphatic rings. The van der Waals surface area contributed by atoms with Gasteiger partial charge in [-0.05, 0) is 24.1 Å². The van der Waals surface area contributed by atoms with Gasteiger partial charge in [-0.15, -0.1) is 0 Å². The lowest BCUT2D eigenvalue weighted by Crippen LogP contribution is -2.50. The molecular weight excluding hydrogens is 278 g/mol. The van der Waals surface area contributed by atoms with Crippen LogP contribution in [0.1, 0.15) is 25.8 Å². The van der Waals surface area contributed by atoms with Gasteiger partial charge in [-0.3, -0.25) is 14.6 Å². The molecule has 0 unspecified atom stereocenters.